The van der Waals surface area contributed by atoms with Gasteiger partial charge >= 0.3 is 0 Å². The van der Waals surface area contributed by atoms with Crippen LogP contribution in [0.2, 0.25) is 10.0 Å². The van der Waals surface area contributed by atoms with Gasteiger partial charge in [0, 0.05) is 30.6 Å². The molecule has 2 fully saturated rings. The zero-order valence-corrected chi connectivity index (χ0v) is 15.1. The van der Waals surface area contributed by atoms with Gasteiger partial charge in [0.2, 0.25) is 17.7 Å². The van der Waals surface area contributed by atoms with Gasteiger partial charge in [-0.1, -0.05) is 23.2 Å². The van der Waals surface area contributed by atoms with Crippen LogP contribution in [0.5, 0.6) is 0 Å². The SMILES string of the molecule is NC(=O)C1CCN(C(=O)C2CCN(c3cc(Cl)ccc3Cl)C2=O)CC1. The second-order valence-corrected chi connectivity index (χ2v) is 7.27. The number of amides is 3. The van der Waals surface area contributed by atoms with E-state index in [0.717, 1.165) is 0 Å². The Balaban J connectivity index is 1.69. The Hall–Kier alpha value is -1.79. The third-order valence-corrected chi connectivity index (χ3v) is 5.47. The summed E-state index contributed by atoms with van der Waals surface area (Å²) in [6.45, 7) is 1.33. The first-order valence-corrected chi connectivity index (χ1v) is 8.98. The van der Waals surface area contributed by atoms with E-state index in [1.165, 1.54) is 4.90 Å². The van der Waals surface area contributed by atoms with E-state index in [-0.39, 0.29) is 23.6 Å². The molecule has 2 aliphatic rings. The van der Waals surface area contributed by atoms with Crippen LogP contribution in [0.25, 0.3) is 0 Å². The molecule has 0 aliphatic carbocycles. The van der Waals surface area contributed by atoms with Crippen molar-refractivity contribution >= 4 is 46.6 Å². The summed E-state index contributed by atoms with van der Waals surface area (Å²) in [4.78, 5) is 39.9. The first-order valence-electron chi connectivity index (χ1n) is 8.23. The average molecular weight is 384 g/mol. The number of piperidine rings is 1. The summed E-state index contributed by atoms with van der Waals surface area (Å²) >= 11 is 12.2. The van der Waals surface area contributed by atoms with Gasteiger partial charge in [0.25, 0.3) is 0 Å². The molecule has 2 N–H and O–H groups in total. The Kier molecular flexibility index (Phi) is 5.20. The standard InChI is InChI=1S/C17H19Cl2N3O3/c18-11-1-2-13(19)14(9-11)22-8-5-12(17(22)25)16(24)21-6-3-10(4-7-21)15(20)23/h1-2,9-10,12H,3-8H2,(H2,20,23). The van der Waals surface area contributed by atoms with Crippen molar-refractivity contribution in [3.8, 4) is 0 Å². The van der Waals surface area contributed by atoms with Crippen LogP contribution in [0, 0.1) is 11.8 Å². The molecule has 3 rings (SSSR count). The van der Waals surface area contributed by atoms with Crippen molar-refractivity contribution < 1.29 is 14.4 Å². The third-order valence-electron chi connectivity index (χ3n) is 4.91. The van der Waals surface area contributed by atoms with Gasteiger partial charge in [-0.2, -0.15) is 0 Å². The van der Waals surface area contributed by atoms with Crippen LogP contribution in [0.15, 0.2) is 18.2 Å². The van der Waals surface area contributed by atoms with Gasteiger partial charge < -0.3 is 15.5 Å². The zero-order chi connectivity index (χ0) is 18.1. The van der Waals surface area contributed by atoms with Crippen molar-refractivity contribution in [2.45, 2.75) is 19.3 Å². The Morgan fingerprint density at radius 1 is 1.08 bits per heavy atom. The maximum Gasteiger partial charge on any atom is 0.239 e. The van der Waals surface area contributed by atoms with Crippen LogP contribution >= 0.6 is 23.2 Å². The number of benzene rings is 1. The van der Waals surface area contributed by atoms with Crippen LogP contribution < -0.4 is 10.6 Å². The summed E-state index contributed by atoms with van der Waals surface area (Å²) in [6.07, 6.45) is 1.54. The van der Waals surface area contributed by atoms with Crippen molar-refractivity contribution in [3.05, 3.63) is 28.2 Å². The topological polar surface area (TPSA) is 83.7 Å². The van der Waals surface area contributed by atoms with Crippen LogP contribution in [0.1, 0.15) is 19.3 Å². The molecule has 2 saturated heterocycles. The minimum absolute atomic E-state index is 0.187. The highest BCUT2D eigenvalue weighted by atomic mass is 35.5. The molecule has 0 radical (unpaired) electrons. The number of likely N-dealkylation sites (tertiary alicyclic amines) is 1. The highest BCUT2D eigenvalue weighted by Crippen LogP contribution is 2.34. The molecule has 1 atom stereocenters. The highest BCUT2D eigenvalue weighted by molar-refractivity contribution is 6.36. The van der Waals surface area contributed by atoms with E-state index in [0.29, 0.717) is 54.6 Å². The number of hydrogen-bond acceptors (Lipinski definition) is 3. The summed E-state index contributed by atoms with van der Waals surface area (Å²) in [5.41, 5.74) is 5.84. The number of hydrogen-bond donors (Lipinski definition) is 1. The van der Waals surface area contributed by atoms with E-state index in [1.807, 2.05) is 0 Å². The van der Waals surface area contributed by atoms with Gasteiger partial charge in [-0.15, -0.1) is 0 Å². The van der Waals surface area contributed by atoms with Crippen LogP contribution in [0.3, 0.4) is 0 Å². The van der Waals surface area contributed by atoms with Crippen LogP contribution in [-0.2, 0) is 14.4 Å². The number of carbonyl (C=O) groups excluding carboxylic acids is 3. The summed E-state index contributed by atoms with van der Waals surface area (Å²) in [6, 6.07) is 4.92. The number of rotatable bonds is 3. The number of carbonyl (C=O) groups is 3. The summed E-state index contributed by atoms with van der Waals surface area (Å²) < 4.78 is 0. The average Bonchev–Trinajstić information content (AvgIpc) is 2.98. The van der Waals surface area contributed by atoms with E-state index < -0.39 is 5.92 Å². The van der Waals surface area contributed by atoms with Crippen LogP contribution in [0.4, 0.5) is 5.69 Å². The molecule has 2 heterocycles. The summed E-state index contributed by atoms with van der Waals surface area (Å²) in [7, 11) is 0. The second kappa shape index (κ2) is 7.22. The molecule has 0 bridgehead atoms. The molecule has 1 aromatic rings. The molecule has 0 aromatic heterocycles. The molecular weight excluding hydrogens is 365 g/mol. The fourth-order valence-corrected chi connectivity index (χ4v) is 3.83. The molecule has 1 aromatic carbocycles. The second-order valence-electron chi connectivity index (χ2n) is 6.43. The third kappa shape index (κ3) is 3.60. The van der Waals surface area contributed by atoms with E-state index in [2.05, 4.69) is 0 Å². The maximum absolute atomic E-state index is 12.7. The molecule has 3 amide bonds. The highest BCUT2D eigenvalue weighted by Gasteiger charge is 2.41. The summed E-state index contributed by atoms with van der Waals surface area (Å²) in [5, 5.41) is 0.906. The fraction of sp³-hybridized carbons (Fsp3) is 0.471. The molecular formula is C17H19Cl2N3O3. The van der Waals surface area contributed by atoms with E-state index in [9.17, 15) is 14.4 Å². The quantitative estimate of drug-likeness (QED) is 0.810. The van der Waals surface area contributed by atoms with E-state index in [1.54, 1.807) is 23.1 Å². The van der Waals surface area contributed by atoms with Gasteiger partial charge in [-0.05, 0) is 37.5 Å². The van der Waals surface area contributed by atoms with Crippen LogP contribution in [-0.4, -0.2) is 42.3 Å². The molecule has 8 heteroatoms. The smallest absolute Gasteiger partial charge is 0.239 e. The van der Waals surface area contributed by atoms with E-state index in [4.69, 9.17) is 28.9 Å². The first-order chi connectivity index (χ1) is 11.9. The fourth-order valence-electron chi connectivity index (χ4n) is 3.45. The predicted molar refractivity (Wildman–Crippen MR) is 95.4 cm³/mol. The lowest BCUT2D eigenvalue weighted by Crippen LogP contribution is -2.45. The summed E-state index contributed by atoms with van der Waals surface area (Å²) in [5.74, 6) is -1.67. The molecule has 134 valence electrons. The minimum Gasteiger partial charge on any atom is -0.369 e. The lowest BCUT2D eigenvalue weighted by atomic mass is 9.95. The predicted octanol–water partition coefficient (Wildman–Crippen LogP) is 2.07. The van der Waals surface area contributed by atoms with Crippen molar-refractivity contribution in [1.82, 2.24) is 4.90 Å². The van der Waals surface area contributed by atoms with Crippen molar-refractivity contribution in [3.63, 3.8) is 0 Å². The molecule has 0 spiro atoms. The zero-order valence-electron chi connectivity index (χ0n) is 13.6. The lowest BCUT2D eigenvalue weighted by Gasteiger charge is -2.32. The maximum atomic E-state index is 12.7. The number of anilines is 1. The largest absolute Gasteiger partial charge is 0.369 e. The molecule has 0 saturated carbocycles. The van der Waals surface area contributed by atoms with Crippen molar-refractivity contribution in [1.29, 1.82) is 0 Å². The molecule has 25 heavy (non-hydrogen) atoms. The monoisotopic (exact) mass is 383 g/mol. The van der Waals surface area contributed by atoms with Gasteiger partial charge in [0.1, 0.15) is 5.92 Å². The lowest BCUT2D eigenvalue weighted by molar-refractivity contribution is -0.142. The Bertz CT molecular complexity index is 717. The van der Waals surface area contributed by atoms with Gasteiger partial charge in [-0.3, -0.25) is 14.4 Å². The minimum atomic E-state index is -0.708. The number of primary amides is 1. The van der Waals surface area contributed by atoms with Gasteiger partial charge in [0.05, 0.1) is 10.7 Å². The molecule has 6 nitrogen and oxygen atoms in total. The number of nitrogens with two attached hydrogens (primary N) is 1. The van der Waals surface area contributed by atoms with E-state index >= 15 is 0 Å². The van der Waals surface area contributed by atoms with Gasteiger partial charge in [0.15, 0.2) is 0 Å². The Morgan fingerprint density at radius 2 is 1.76 bits per heavy atom. The normalized spacial score (nSPS) is 21.7. The van der Waals surface area contributed by atoms with Crippen molar-refractivity contribution in [2.75, 3.05) is 24.5 Å². The first kappa shape index (κ1) is 18.0. The van der Waals surface area contributed by atoms with Gasteiger partial charge in [-0.25, -0.2) is 0 Å². The van der Waals surface area contributed by atoms with Crippen molar-refractivity contribution in [2.24, 2.45) is 17.6 Å². The molecule has 2 aliphatic heterocycles. The number of halogens is 2. The molecule has 1 unspecified atom stereocenters. The Morgan fingerprint density at radius 3 is 2.40 bits per heavy atom. The number of nitrogens with zero attached hydrogens (tertiary/aromatic N) is 2. The Labute approximate surface area is 155 Å².